The Bertz CT molecular complexity index is 665. The Kier molecular flexibility index (Phi) is 3.47. The van der Waals surface area contributed by atoms with Crippen LogP contribution in [-0.4, -0.2) is 19.7 Å². The van der Waals surface area contributed by atoms with Gasteiger partial charge in [0.1, 0.15) is 5.15 Å². The van der Waals surface area contributed by atoms with E-state index in [4.69, 9.17) is 17.3 Å². The van der Waals surface area contributed by atoms with Crippen molar-refractivity contribution < 1.29 is 8.42 Å². The third-order valence-corrected chi connectivity index (χ3v) is 3.98. The monoisotopic (exact) mass is 303 g/mol. The van der Waals surface area contributed by atoms with Gasteiger partial charge in [0.05, 0.1) is 11.1 Å². The Labute approximate surface area is 114 Å². The molecule has 0 radical (unpaired) electrons. The van der Waals surface area contributed by atoms with Crippen molar-refractivity contribution in [3.05, 3.63) is 29.4 Å². The summed E-state index contributed by atoms with van der Waals surface area (Å²) in [6, 6.07) is 6.82. The highest BCUT2D eigenvalue weighted by atomic mass is 35.5. The van der Waals surface area contributed by atoms with Gasteiger partial charge in [-0.25, -0.2) is 13.4 Å². The van der Waals surface area contributed by atoms with Crippen LogP contribution in [-0.2, 0) is 10.0 Å². The van der Waals surface area contributed by atoms with Gasteiger partial charge in [-0.2, -0.15) is 0 Å². The average molecular weight is 304 g/mol. The van der Waals surface area contributed by atoms with E-state index < -0.39 is 10.0 Å². The van der Waals surface area contributed by atoms with Crippen LogP contribution < -0.4 is 10.5 Å². The summed E-state index contributed by atoms with van der Waals surface area (Å²) in [5.74, 6) is 0. The van der Waals surface area contributed by atoms with Crippen LogP contribution in [0.3, 0.4) is 0 Å². The normalized spacial score (nSPS) is 11.4. The van der Waals surface area contributed by atoms with Crippen molar-refractivity contribution >= 4 is 43.8 Å². The molecule has 0 aliphatic rings. The highest BCUT2D eigenvalue weighted by Gasteiger charge is 2.10. The first-order valence-electron chi connectivity index (χ1n) is 4.85. The standard InChI is InChI=1S/C10H10ClN3O2S2/c1-18(15,16)14-7-4-2-6(3-5-7)8-9(11)13-10(12)17-8/h2-5,14H,1H3,(H2,12,13). The highest BCUT2D eigenvalue weighted by molar-refractivity contribution is 7.92. The molecule has 0 fully saturated rings. The topological polar surface area (TPSA) is 85.1 Å². The number of rotatable bonds is 3. The second kappa shape index (κ2) is 4.75. The molecule has 0 unspecified atom stereocenters. The molecule has 1 aromatic carbocycles. The number of halogens is 1. The molecule has 0 amide bonds. The van der Waals surface area contributed by atoms with Crippen LogP contribution in [0.5, 0.6) is 0 Å². The molecule has 18 heavy (non-hydrogen) atoms. The van der Waals surface area contributed by atoms with Gasteiger partial charge in [-0.1, -0.05) is 35.1 Å². The fraction of sp³-hybridized carbons (Fsp3) is 0.100. The summed E-state index contributed by atoms with van der Waals surface area (Å²) >= 11 is 7.22. The van der Waals surface area contributed by atoms with Gasteiger partial charge in [0.25, 0.3) is 0 Å². The Balaban J connectivity index is 2.30. The van der Waals surface area contributed by atoms with Crippen molar-refractivity contribution in [3.63, 3.8) is 0 Å². The van der Waals surface area contributed by atoms with Gasteiger partial charge < -0.3 is 5.73 Å². The minimum Gasteiger partial charge on any atom is -0.375 e. The summed E-state index contributed by atoms with van der Waals surface area (Å²) < 4.78 is 24.5. The molecule has 0 saturated carbocycles. The number of anilines is 2. The van der Waals surface area contributed by atoms with Crippen LogP contribution in [0.2, 0.25) is 5.15 Å². The van der Waals surface area contributed by atoms with E-state index in [0.717, 1.165) is 16.7 Å². The van der Waals surface area contributed by atoms with Crippen LogP contribution >= 0.6 is 22.9 Å². The zero-order valence-corrected chi connectivity index (χ0v) is 11.7. The number of nitrogens with zero attached hydrogens (tertiary/aromatic N) is 1. The van der Waals surface area contributed by atoms with Crippen molar-refractivity contribution in [1.29, 1.82) is 0 Å². The summed E-state index contributed by atoms with van der Waals surface area (Å²) in [7, 11) is -3.26. The van der Waals surface area contributed by atoms with Crippen LogP contribution in [0, 0.1) is 0 Å². The SMILES string of the molecule is CS(=O)(=O)Nc1ccc(-c2sc(N)nc2Cl)cc1. The molecule has 8 heteroatoms. The lowest BCUT2D eigenvalue weighted by Gasteiger charge is -2.04. The zero-order valence-electron chi connectivity index (χ0n) is 9.34. The van der Waals surface area contributed by atoms with E-state index in [0.29, 0.717) is 16.0 Å². The molecule has 0 saturated heterocycles. The quantitative estimate of drug-likeness (QED) is 0.912. The van der Waals surface area contributed by atoms with Gasteiger partial charge in [0.15, 0.2) is 5.13 Å². The van der Waals surface area contributed by atoms with Crippen LogP contribution in [0.15, 0.2) is 24.3 Å². The van der Waals surface area contributed by atoms with E-state index in [1.165, 1.54) is 11.3 Å². The fourth-order valence-corrected chi connectivity index (χ4v) is 3.06. The molecule has 1 aromatic heterocycles. The molecule has 0 aliphatic heterocycles. The lowest BCUT2D eigenvalue weighted by molar-refractivity contribution is 0.607. The molecule has 0 atom stereocenters. The molecule has 0 spiro atoms. The molecule has 5 nitrogen and oxygen atoms in total. The van der Waals surface area contributed by atoms with Crippen LogP contribution in [0.25, 0.3) is 10.4 Å². The number of aromatic nitrogens is 1. The minimum atomic E-state index is -3.26. The first kappa shape index (κ1) is 13.1. The molecule has 2 rings (SSSR count). The molecule has 1 heterocycles. The van der Waals surface area contributed by atoms with Crippen molar-refractivity contribution in [2.45, 2.75) is 0 Å². The van der Waals surface area contributed by atoms with E-state index in [9.17, 15) is 8.42 Å². The Morgan fingerprint density at radius 1 is 1.33 bits per heavy atom. The lowest BCUT2D eigenvalue weighted by atomic mass is 10.2. The highest BCUT2D eigenvalue weighted by Crippen LogP contribution is 2.35. The second-order valence-corrected chi connectivity index (χ2v) is 6.76. The summed E-state index contributed by atoms with van der Waals surface area (Å²) in [6.45, 7) is 0. The molecule has 0 bridgehead atoms. The molecule has 0 aliphatic carbocycles. The summed E-state index contributed by atoms with van der Waals surface area (Å²) in [6.07, 6.45) is 1.10. The predicted octanol–water partition coefficient (Wildman–Crippen LogP) is 2.42. The predicted molar refractivity (Wildman–Crippen MR) is 75.4 cm³/mol. The second-order valence-electron chi connectivity index (χ2n) is 3.62. The summed E-state index contributed by atoms with van der Waals surface area (Å²) in [5, 5.41) is 0.745. The first-order chi connectivity index (χ1) is 8.35. The lowest BCUT2D eigenvalue weighted by Crippen LogP contribution is -2.09. The van der Waals surface area contributed by atoms with E-state index >= 15 is 0 Å². The van der Waals surface area contributed by atoms with Gasteiger partial charge in [-0.3, -0.25) is 4.72 Å². The summed E-state index contributed by atoms with van der Waals surface area (Å²) in [5.41, 5.74) is 6.90. The third-order valence-electron chi connectivity index (χ3n) is 2.05. The molecule has 3 N–H and O–H groups in total. The number of benzene rings is 1. The number of nitrogens with one attached hydrogen (secondary N) is 1. The average Bonchev–Trinajstić information content (AvgIpc) is 2.57. The fourth-order valence-electron chi connectivity index (χ4n) is 1.40. The largest absolute Gasteiger partial charge is 0.375 e. The molecule has 96 valence electrons. The van der Waals surface area contributed by atoms with Crippen molar-refractivity contribution in [3.8, 4) is 10.4 Å². The maximum atomic E-state index is 11.1. The van der Waals surface area contributed by atoms with Gasteiger partial charge >= 0.3 is 0 Å². The van der Waals surface area contributed by atoms with E-state index in [-0.39, 0.29) is 0 Å². The van der Waals surface area contributed by atoms with Gasteiger partial charge in [0, 0.05) is 5.69 Å². The number of thiazole rings is 1. The van der Waals surface area contributed by atoms with Crippen molar-refractivity contribution in [2.24, 2.45) is 0 Å². The number of hydrogen-bond donors (Lipinski definition) is 2. The van der Waals surface area contributed by atoms with E-state index in [2.05, 4.69) is 9.71 Å². The number of hydrogen-bond acceptors (Lipinski definition) is 5. The minimum absolute atomic E-state index is 0.348. The van der Waals surface area contributed by atoms with Crippen LogP contribution in [0.1, 0.15) is 0 Å². The third kappa shape index (κ3) is 3.12. The van der Waals surface area contributed by atoms with Gasteiger partial charge in [0.2, 0.25) is 10.0 Å². The zero-order chi connectivity index (χ0) is 13.3. The summed E-state index contributed by atoms with van der Waals surface area (Å²) in [4.78, 5) is 4.68. The number of nitrogen functional groups attached to an aromatic ring is 1. The van der Waals surface area contributed by atoms with E-state index in [1.54, 1.807) is 24.3 Å². The molecule has 2 aromatic rings. The van der Waals surface area contributed by atoms with E-state index in [1.807, 2.05) is 0 Å². The maximum absolute atomic E-state index is 11.1. The van der Waals surface area contributed by atoms with Gasteiger partial charge in [-0.05, 0) is 17.7 Å². The number of sulfonamides is 1. The number of nitrogens with two attached hydrogens (primary N) is 1. The van der Waals surface area contributed by atoms with Crippen molar-refractivity contribution in [1.82, 2.24) is 4.98 Å². The first-order valence-corrected chi connectivity index (χ1v) is 7.94. The molecular formula is C10H10ClN3O2S2. The smallest absolute Gasteiger partial charge is 0.229 e. The Morgan fingerprint density at radius 2 is 1.94 bits per heavy atom. The van der Waals surface area contributed by atoms with Gasteiger partial charge in [-0.15, -0.1) is 0 Å². The Hall–Kier alpha value is -1.31. The maximum Gasteiger partial charge on any atom is 0.229 e. The van der Waals surface area contributed by atoms with Crippen LogP contribution in [0.4, 0.5) is 10.8 Å². The van der Waals surface area contributed by atoms with Crippen molar-refractivity contribution in [2.75, 3.05) is 16.7 Å². The Morgan fingerprint density at radius 3 is 2.39 bits per heavy atom. The molecular weight excluding hydrogens is 294 g/mol.